The highest BCUT2D eigenvalue weighted by Gasteiger charge is 2.15. The second kappa shape index (κ2) is 10.6. The fraction of sp³-hybridized carbons (Fsp3) is 0.409. The third-order valence-corrected chi connectivity index (χ3v) is 5.08. The van der Waals surface area contributed by atoms with Gasteiger partial charge in [-0.05, 0) is 68.8 Å². The third-order valence-electron chi connectivity index (χ3n) is 5.08. The van der Waals surface area contributed by atoms with Gasteiger partial charge in [-0.1, -0.05) is 6.42 Å². The van der Waals surface area contributed by atoms with Crippen LogP contribution in [-0.4, -0.2) is 42.6 Å². The monoisotopic (exact) mass is 412 g/mol. The van der Waals surface area contributed by atoms with Crippen LogP contribution in [0.4, 0.5) is 0 Å². The van der Waals surface area contributed by atoms with Crippen LogP contribution in [0.5, 0.6) is 5.75 Å². The Morgan fingerprint density at radius 3 is 2.67 bits per heavy atom. The number of amides is 2. The molecule has 2 N–H and O–H groups in total. The Bertz CT molecular complexity index is 887. The van der Waals surface area contributed by atoms with Gasteiger partial charge in [0.05, 0.1) is 25.6 Å². The number of rotatable bonds is 7. The molecule has 1 aliphatic rings. The van der Waals surface area contributed by atoms with Crippen molar-refractivity contribution in [1.29, 1.82) is 0 Å². The van der Waals surface area contributed by atoms with E-state index in [0.717, 1.165) is 36.5 Å². The van der Waals surface area contributed by atoms with Crippen molar-refractivity contribution in [3.63, 3.8) is 0 Å². The van der Waals surface area contributed by atoms with Crippen molar-refractivity contribution in [2.24, 2.45) is 5.10 Å². The largest absolute Gasteiger partial charge is 0.496 e. The van der Waals surface area contributed by atoms with Gasteiger partial charge in [0, 0.05) is 12.1 Å². The lowest BCUT2D eigenvalue weighted by molar-refractivity contribution is -0.139. The van der Waals surface area contributed by atoms with E-state index in [1.165, 1.54) is 25.5 Å². The van der Waals surface area contributed by atoms with Crippen molar-refractivity contribution in [2.75, 3.05) is 20.2 Å². The van der Waals surface area contributed by atoms with E-state index in [-0.39, 0.29) is 6.54 Å². The highest BCUT2D eigenvalue weighted by atomic mass is 16.5. The van der Waals surface area contributed by atoms with Gasteiger partial charge in [0.15, 0.2) is 0 Å². The van der Waals surface area contributed by atoms with Gasteiger partial charge in [0.25, 0.3) is 0 Å². The smallest absolute Gasteiger partial charge is 0.329 e. The number of methoxy groups -OCH3 is 1. The average molecular weight is 412 g/mol. The number of piperidine rings is 1. The lowest BCUT2D eigenvalue weighted by Crippen LogP contribution is -2.37. The number of hydrogen-bond donors (Lipinski definition) is 2. The Hall–Kier alpha value is -3.13. The molecule has 3 rings (SSSR count). The van der Waals surface area contributed by atoms with Crippen molar-refractivity contribution in [3.8, 4) is 5.75 Å². The first-order valence-electron chi connectivity index (χ1n) is 10.1. The molecule has 2 aromatic rings. The van der Waals surface area contributed by atoms with Crippen LogP contribution >= 0.6 is 0 Å². The number of carbonyl (C=O) groups is 2. The predicted molar refractivity (Wildman–Crippen MR) is 113 cm³/mol. The van der Waals surface area contributed by atoms with Gasteiger partial charge in [-0.25, -0.2) is 5.43 Å². The molecule has 8 nitrogen and oxygen atoms in total. The molecule has 1 aromatic carbocycles. The van der Waals surface area contributed by atoms with Gasteiger partial charge in [0.2, 0.25) is 0 Å². The summed E-state index contributed by atoms with van der Waals surface area (Å²) in [6.07, 6.45) is 5.23. The highest BCUT2D eigenvalue weighted by Crippen LogP contribution is 2.23. The molecule has 2 amide bonds. The summed E-state index contributed by atoms with van der Waals surface area (Å²) in [7, 11) is 1.66. The third kappa shape index (κ3) is 5.93. The minimum absolute atomic E-state index is 0.139. The number of carbonyl (C=O) groups excluding carboxylic acids is 2. The molecule has 0 unspecified atom stereocenters. The van der Waals surface area contributed by atoms with Crippen molar-refractivity contribution >= 4 is 17.5 Å². The fourth-order valence-electron chi connectivity index (χ4n) is 3.40. The van der Waals surface area contributed by atoms with Gasteiger partial charge in [-0.2, -0.15) is 5.10 Å². The summed E-state index contributed by atoms with van der Waals surface area (Å²) in [5.74, 6) is -0.208. The van der Waals surface area contributed by atoms with E-state index < -0.39 is 11.8 Å². The molecule has 1 aliphatic heterocycles. The minimum atomic E-state index is -0.831. The molecular formula is C22H28N4O4. The molecule has 1 saturated heterocycles. The number of nitrogens with one attached hydrogen (secondary N) is 2. The number of hydrazone groups is 1. The molecule has 30 heavy (non-hydrogen) atoms. The first kappa shape index (κ1) is 21.6. The molecule has 0 atom stereocenters. The summed E-state index contributed by atoms with van der Waals surface area (Å²) in [4.78, 5) is 26.3. The summed E-state index contributed by atoms with van der Waals surface area (Å²) >= 11 is 0. The van der Waals surface area contributed by atoms with Gasteiger partial charge >= 0.3 is 11.8 Å². The molecule has 0 spiro atoms. The Balaban J connectivity index is 1.60. The van der Waals surface area contributed by atoms with Crippen LogP contribution in [0.15, 0.2) is 46.1 Å². The van der Waals surface area contributed by atoms with Crippen LogP contribution < -0.4 is 15.5 Å². The Kier molecular flexibility index (Phi) is 7.62. The molecule has 0 saturated carbocycles. The SMILES string of the molecule is COc1ccc(/C(C)=N\NC(=O)C(=O)NCc2ccco2)cc1CN1CCCCC1. The van der Waals surface area contributed by atoms with E-state index in [9.17, 15) is 9.59 Å². The maximum absolute atomic E-state index is 12.0. The van der Waals surface area contributed by atoms with Crippen LogP contribution in [0.2, 0.25) is 0 Å². The van der Waals surface area contributed by atoms with Gasteiger partial charge in [0.1, 0.15) is 11.5 Å². The summed E-state index contributed by atoms with van der Waals surface area (Å²) in [6.45, 7) is 4.91. The molecular weight excluding hydrogens is 384 g/mol. The second-order valence-corrected chi connectivity index (χ2v) is 7.26. The molecule has 0 bridgehead atoms. The maximum atomic E-state index is 12.0. The topological polar surface area (TPSA) is 96.2 Å². The number of benzene rings is 1. The predicted octanol–water partition coefficient (Wildman–Crippen LogP) is 2.43. The van der Waals surface area contributed by atoms with Crippen LogP contribution in [0.1, 0.15) is 43.1 Å². The number of nitrogens with zero attached hydrogens (tertiary/aromatic N) is 2. The molecule has 1 aromatic heterocycles. The average Bonchev–Trinajstić information content (AvgIpc) is 3.30. The molecule has 0 aliphatic carbocycles. The lowest BCUT2D eigenvalue weighted by atomic mass is 10.0. The summed E-state index contributed by atoms with van der Waals surface area (Å²) < 4.78 is 10.6. The first-order valence-corrected chi connectivity index (χ1v) is 10.1. The fourth-order valence-corrected chi connectivity index (χ4v) is 3.40. The van der Waals surface area contributed by atoms with Gasteiger partial charge < -0.3 is 14.5 Å². The normalized spacial score (nSPS) is 14.9. The number of hydrogen-bond acceptors (Lipinski definition) is 6. The molecule has 0 radical (unpaired) electrons. The molecule has 8 heteroatoms. The van der Waals surface area contributed by atoms with E-state index in [2.05, 4.69) is 20.7 Å². The Labute approximate surface area is 176 Å². The molecule has 160 valence electrons. The summed E-state index contributed by atoms with van der Waals surface area (Å²) in [6, 6.07) is 9.25. The minimum Gasteiger partial charge on any atom is -0.496 e. The van der Waals surface area contributed by atoms with E-state index in [1.54, 1.807) is 26.2 Å². The lowest BCUT2D eigenvalue weighted by Gasteiger charge is -2.27. The first-order chi connectivity index (χ1) is 14.6. The zero-order valence-electron chi connectivity index (χ0n) is 17.4. The van der Waals surface area contributed by atoms with Crippen molar-refractivity contribution < 1.29 is 18.7 Å². The maximum Gasteiger partial charge on any atom is 0.329 e. The van der Waals surface area contributed by atoms with Gasteiger partial charge in [-0.15, -0.1) is 0 Å². The zero-order chi connectivity index (χ0) is 21.3. The summed E-state index contributed by atoms with van der Waals surface area (Å²) in [5, 5.41) is 6.56. The Morgan fingerprint density at radius 1 is 1.17 bits per heavy atom. The van der Waals surface area contributed by atoms with Crippen molar-refractivity contribution in [2.45, 2.75) is 39.3 Å². The van der Waals surface area contributed by atoms with Crippen LogP contribution in [0.3, 0.4) is 0 Å². The number of furan rings is 1. The highest BCUT2D eigenvalue weighted by molar-refractivity contribution is 6.35. The molecule has 2 heterocycles. The standard InChI is InChI=1S/C22H28N4O4/c1-16(24-25-22(28)21(27)23-14-19-7-6-12-30-19)17-8-9-20(29-2)18(13-17)15-26-10-4-3-5-11-26/h6-9,12-13H,3-5,10-11,14-15H2,1-2H3,(H,23,27)(H,25,28)/b24-16-. The van der Waals surface area contributed by atoms with E-state index in [1.807, 2.05) is 18.2 Å². The van der Waals surface area contributed by atoms with E-state index in [0.29, 0.717) is 11.5 Å². The Morgan fingerprint density at radius 2 is 1.97 bits per heavy atom. The zero-order valence-corrected chi connectivity index (χ0v) is 17.4. The van der Waals surface area contributed by atoms with E-state index >= 15 is 0 Å². The second-order valence-electron chi connectivity index (χ2n) is 7.26. The van der Waals surface area contributed by atoms with Gasteiger partial charge in [-0.3, -0.25) is 14.5 Å². The number of likely N-dealkylation sites (tertiary alicyclic amines) is 1. The van der Waals surface area contributed by atoms with E-state index in [4.69, 9.17) is 9.15 Å². The van der Waals surface area contributed by atoms with Crippen LogP contribution in [-0.2, 0) is 22.7 Å². The number of ether oxygens (including phenoxy) is 1. The molecule has 1 fully saturated rings. The van der Waals surface area contributed by atoms with Crippen molar-refractivity contribution in [3.05, 3.63) is 53.5 Å². The van der Waals surface area contributed by atoms with Crippen LogP contribution in [0, 0.1) is 0 Å². The van der Waals surface area contributed by atoms with Crippen LogP contribution in [0.25, 0.3) is 0 Å². The summed E-state index contributed by atoms with van der Waals surface area (Å²) in [5.41, 5.74) is 4.84. The quantitative estimate of drug-likeness (QED) is 0.414. The van der Waals surface area contributed by atoms with Crippen molar-refractivity contribution in [1.82, 2.24) is 15.6 Å².